The van der Waals surface area contributed by atoms with Crippen molar-refractivity contribution in [3.8, 4) is 11.5 Å². The molecule has 2 aromatic rings. The van der Waals surface area contributed by atoms with E-state index < -0.39 is 0 Å². The summed E-state index contributed by atoms with van der Waals surface area (Å²) in [4.78, 5) is 15.5. The third-order valence-electron chi connectivity index (χ3n) is 4.78. The SMILES string of the molecule is COc1c(O)ccc(NC(=O)c2cccs2)c1CCN1CCCC1C. The standard InChI is InChI=1S/C19H24N2O3S/c1-13-5-3-10-21(13)11-9-14-15(7-8-16(22)18(14)24-2)20-19(23)17-6-4-12-25-17/h4,6-8,12-13,22H,3,5,9-11H2,1-2H3,(H,20,23). The number of likely N-dealkylation sites (tertiary alicyclic amines) is 1. The van der Waals surface area contributed by atoms with Gasteiger partial charge in [-0.05, 0) is 56.3 Å². The van der Waals surface area contributed by atoms with Crippen LogP contribution in [0.1, 0.15) is 35.0 Å². The van der Waals surface area contributed by atoms with Gasteiger partial charge in [-0.1, -0.05) is 6.07 Å². The fourth-order valence-electron chi connectivity index (χ4n) is 3.38. The molecule has 1 atom stereocenters. The molecule has 0 bridgehead atoms. The topological polar surface area (TPSA) is 61.8 Å². The summed E-state index contributed by atoms with van der Waals surface area (Å²) in [5.41, 5.74) is 1.53. The summed E-state index contributed by atoms with van der Waals surface area (Å²) in [5, 5.41) is 15.0. The van der Waals surface area contributed by atoms with Crippen molar-refractivity contribution in [1.82, 2.24) is 4.90 Å². The second-order valence-corrected chi connectivity index (χ2v) is 7.30. The Balaban J connectivity index is 1.82. The maximum atomic E-state index is 12.4. The Morgan fingerprint density at radius 1 is 1.44 bits per heavy atom. The zero-order chi connectivity index (χ0) is 17.8. The summed E-state index contributed by atoms with van der Waals surface area (Å²) in [6, 6.07) is 7.53. The first-order valence-electron chi connectivity index (χ1n) is 8.58. The molecular weight excluding hydrogens is 336 g/mol. The van der Waals surface area contributed by atoms with E-state index in [4.69, 9.17) is 4.74 Å². The number of ether oxygens (including phenoxy) is 1. The molecule has 2 heterocycles. The van der Waals surface area contributed by atoms with Gasteiger partial charge >= 0.3 is 0 Å². The largest absolute Gasteiger partial charge is 0.504 e. The second kappa shape index (κ2) is 7.89. The van der Waals surface area contributed by atoms with Crippen molar-refractivity contribution < 1.29 is 14.6 Å². The predicted molar refractivity (Wildman–Crippen MR) is 101 cm³/mol. The van der Waals surface area contributed by atoms with Crippen LogP contribution in [0.2, 0.25) is 0 Å². The van der Waals surface area contributed by atoms with Gasteiger partial charge in [0.2, 0.25) is 0 Å². The van der Waals surface area contributed by atoms with Crippen LogP contribution in [-0.4, -0.2) is 42.2 Å². The summed E-state index contributed by atoms with van der Waals surface area (Å²) in [7, 11) is 1.54. The van der Waals surface area contributed by atoms with E-state index in [9.17, 15) is 9.90 Å². The smallest absolute Gasteiger partial charge is 0.265 e. The number of nitrogens with zero attached hydrogens (tertiary/aromatic N) is 1. The molecule has 0 aliphatic carbocycles. The molecule has 6 heteroatoms. The molecule has 1 unspecified atom stereocenters. The van der Waals surface area contributed by atoms with Crippen LogP contribution in [0.25, 0.3) is 0 Å². The van der Waals surface area contributed by atoms with E-state index in [1.807, 2.05) is 11.4 Å². The zero-order valence-electron chi connectivity index (χ0n) is 14.6. The number of nitrogens with one attached hydrogen (secondary N) is 1. The highest BCUT2D eigenvalue weighted by Crippen LogP contribution is 2.36. The number of phenolic OH excluding ortho intramolecular Hbond substituents is 1. The number of benzene rings is 1. The van der Waals surface area contributed by atoms with Crippen molar-refractivity contribution >= 4 is 22.9 Å². The van der Waals surface area contributed by atoms with Crippen molar-refractivity contribution in [2.75, 3.05) is 25.5 Å². The van der Waals surface area contributed by atoms with Gasteiger partial charge in [0.1, 0.15) is 0 Å². The van der Waals surface area contributed by atoms with Crippen molar-refractivity contribution in [1.29, 1.82) is 0 Å². The quantitative estimate of drug-likeness (QED) is 0.771. The van der Waals surface area contributed by atoms with Gasteiger partial charge < -0.3 is 20.1 Å². The normalized spacial score (nSPS) is 17.6. The number of phenols is 1. The minimum absolute atomic E-state index is 0.0982. The van der Waals surface area contributed by atoms with Crippen LogP contribution in [0.15, 0.2) is 29.6 Å². The van der Waals surface area contributed by atoms with E-state index in [-0.39, 0.29) is 11.7 Å². The first kappa shape index (κ1) is 17.8. The Morgan fingerprint density at radius 3 is 2.92 bits per heavy atom. The van der Waals surface area contributed by atoms with Crippen molar-refractivity contribution in [2.45, 2.75) is 32.2 Å². The summed E-state index contributed by atoms with van der Waals surface area (Å²) < 4.78 is 5.41. The first-order valence-corrected chi connectivity index (χ1v) is 9.46. The van der Waals surface area contributed by atoms with Gasteiger partial charge in [0.15, 0.2) is 11.5 Å². The predicted octanol–water partition coefficient (Wildman–Crippen LogP) is 3.74. The maximum absolute atomic E-state index is 12.4. The van der Waals surface area contributed by atoms with Crippen LogP contribution < -0.4 is 10.1 Å². The molecule has 1 fully saturated rings. The molecule has 1 aliphatic heterocycles. The van der Waals surface area contributed by atoms with Crippen molar-refractivity contribution in [2.24, 2.45) is 0 Å². The average molecular weight is 360 g/mol. The number of anilines is 1. The zero-order valence-corrected chi connectivity index (χ0v) is 15.4. The highest BCUT2D eigenvalue weighted by atomic mass is 32.1. The summed E-state index contributed by atoms with van der Waals surface area (Å²) in [5.74, 6) is 0.399. The minimum atomic E-state index is -0.140. The number of rotatable bonds is 6. The molecule has 134 valence electrons. The molecular formula is C19H24N2O3S. The number of carbonyl (C=O) groups is 1. The number of amides is 1. The molecule has 0 spiro atoms. The van der Waals surface area contributed by atoms with E-state index in [1.54, 1.807) is 25.3 Å². The molecule has 1 aromatic heterocycles. The maximum Gasteiger partial charge on any atom is 0.265 e. The first-order chi connectivity index (χ1) is 12.1. The van der Waals surface area contributed by atoms with E-state index >= 15 is 0 Å². The second-order valence-electron chi connectivity index (χ2n) is 6.35. The molecule has 1 aliphatic rings. The van der Waals surface area contributed by atoms with E-state index in [0.717, 1.165) is 18.7 Å². The van der Waals surface area contributed by atoms with Gasteiger partial charge in [-0.15, -0.1) is 11.3 Å². The van der Waals surface area contributed by atoms with Crippen LogP contribution in [0.3, 0.4) is 0 Å². The van der Waals surface area contributed by atoms with E-state index in [0.29, 0.717) is 28.8 Å². The average Bonchev–Trinajstić information content (AvgIpc) is 3.26. The Bertz CT molecular complexity index is 731. The number of thiophene rings is 1. The van der Waals surface area contributed by atoms with Crippen LogP contribution in [0.5, 0.6) is 11.5 Å². The van der Waals surface area contributed by atoms with Gasteiger partial charge in [-0.2, -0.15) is 0 Å². The van der Waals surface area contributed by atoms with E-state index in [1.165, 1.54) is 24.2 Å². The number of hydrogen-bond acceptors (Lipinski definition) is 5. The highest BCUT2D eigenvalue weighted by Gasteiger charge is 2.22. The number of carbonyl (C=O) groups excluding carboxylic acids is 1. The lowest BCUT2D eigenvalue weighted by Crippen LogP contribution is -2.29. The molecule has 0 radical (unpaired) electrons. The van der Waals surface area contributed by atoms with Gasteiger partial charge in [-0.3, -0.25) is 4.79 Å². The molecule has 1 aromatic carbocycles. The number of aromatic hydroxyl groups is 1. The lowest BCUT2D eigenvalue weighted by molar-refractivity contribution is 0.103. The number of methoxy groups -OCH3 is 1. The molecule has 2 N–H and O–H groups in total. The molecule has 3 rings (SSSR count). The molecule has 5 nitrogen and oxygen atoms in total. The van der Waals surface area contributed by atoms with Gasteiger partial charge in [0, 0.05) is 23.8 Å². The summed E-state index contributed by atoms with van der Waals surface area (Å²) in [6.45, 7) is 4.22. The van der Waals surface area contributed by atoms with Crippen LogP contribution in [0.4, 0.5) is 5.69 Å². The fourth-order valence-corrected chi connectivity index (χ4v) is 4.00. The molecule has 25 heavy (non-hydrogen) atoms. The Hall–Kier alpha value is -2.05. The van der Waals surface area contributed by atoms with Gasteiger partial charge in [-0.25, -0.2) is 0 Å². The van der Waals surface area contributed by atoms with Crippen molar-refractivity contribution in [3.05, 3.63) is 40.1 Å². The van der Waals surface area contributed by atoms with Gasteiger partial charge in [0.05, 0.1) is 12.0 Å². The molecule has 1 saturated heterocycles. The minimum Gasteiger partial charge on any atom is -0.504 e. The Labute approximate surface area is 152 Å². The summed E-state index contributed by atoms with van der Waals surface area (Å²) in [6.07, 6.45) is 3.15. The Morgan fingerprint density at radius 2 is 2.28 bits per heavy atom. The fraction of sp³-hybridized carbons (Fsp3) is 0.421. The third kappa shape index (κ3) is 3.96. The van der Waals surface area contributed by atoms with Crippen LogP contribution in [-0.2, 0) is 6.42 Å². The van der Waals surface area contributed by atoms with E-state index in [2.05, 4.69) is 17.1 Å². The Kier molecular flexibility index (Phi) is 5.60. The lowest BCUT2D eigenvalue weighted by atomic mass is 10.1. The third-order valence-corrected chi connectivity index (χ3v) is 5.65. The van der Waals surface area contributed by atoms with Crippen LogP contribution >= 0.6 is 11.3 Å². The molecule has 0 saturated carbocycles. The van der Waals surface area contributed by atoms with Gasteiger partial charge in [0.25, 0.3) is 5.91 Å². The number of hydrogen-bond donors (Lipinski definition) is 2. The molecule has 1 amide bonds. The van der Waals surface area contributed by atoms with Crippen molar-refractivity contribution in [3.63, 3.8) is 0 Å². The van der Waals surface area contributed by atoms with Crippen LogP contribution in [0, 0.1) is 0 Å². The summed E-state index contributed by atoms with van der Waals surface area (Å²) >= 11 is 1.40. The lowest BCUT2D eigenvalue weighted by Gasteiger charge is -2.22. The highest BCUT2D eigenvalue weighted by molar-refractivity contribution is 7.12. The monoisotopic (exact) mass is 360 g/mol.